The molecule has 0 fully saturated rings. The molecule has 0 aliphatic carbocycles. The van der Waals surface area contributed by atoms with Crippen molar-refractivity contribution in [3.05, 3.63) is 0 Å². The number of unbranched alkanes of at least 4 members (excludes halogenated alkanes) is 2. The smallest absolute Gasteiger partial charge is 0.303 e. The second-order valence-corrected chi connectivity index (χ2v) is 3.82. The Balaban J connectivity index is 3.35. The number of nitrogens with one attached hydrogen (secondary N) is 1. The Morgan fingerprint density at radius 1 is 1.38 bits per heavy atom. The summed E-state index contributed by atoms with van der Waals surface area (Å²) in [6, 6.07) is 0.189. The summed E-state index contributed by atoms with van der Waals surface area (Å²) in [7, 11) is 1.64. The zero-order valence-corrected chi connectivity index (χ0v) is 9.95. The first-order valence-electron chi connectivity index (χ1n) is 5.75. The summed E-state index contributed by atoms with van der Waals surface area (Å²) in [5.74, 6) is -0.731. The van der Waals surface area contributed by atoms with Gasteiger partial charge in [-0.2, -0.15) is 0 Å². The van der Waals surface area contributed by atoms with Gasteiger partial charge in [-0.05, 0) is 25.8 Å². The Labute approximate surface area is 96.8 Å². The molecule has 5 nitrogen and oxygen atoms in total. The van der Waals surface area contributed by atoms with Gasteiger partial charge in [0.2, 0.25) is 0 Å². The van der Waals surface area contributed by atoms with Crippen LogP contribution in [0.15, 0.2) is 0 Å². The number of ether oxygens (including phenoxy) is 1. The summed E-state index contributed by atoms with van der Waals surface area (Å²) in [5, 5.41) is 20.5. The van der Waals surface area contributed by atoms with Crippen LogP contribution in [-0.4, -0.2) is 49.1 Å². The molecular weight excluding hydrogens is 210 g/mol. The minimum atomic E-state index is -0.731. The van der Waals surface area contributed by atoms with Crippen LogP contribution in [0.2, 0.25) is 0 Å². The van der Waals surface area contributed by atoms with Crippen LogP contribution >= 0.6 is 0 Å². The van der Waals surface area contributed by atoms with Crippen LogP contribution < -0.4 is 5.32 Å². The fourth-order valence-electron chi connectivity index (χ4n) is 1.49. The fraction of sp³-hybridized carbons (Fsp3) is 0.909. The molecule has 16 heavy (non-hydrogen) atoms. The molecule has 0 aromatic rings. The van der Waals surface area contributed by atoms with Gasteiger partial charge in [-0.15, -0.1) is 0 Å². The Morgan fingerprint density at radius 3 is 2.69 bits per heavy atom. The molecule has 1 unspecified atom stereocenters. The number of hydrogen-bond acceptors (Lipinski definition) is 4. The van der Waals surface area contributed by atoms with Crippen molar-refractivity contribution < 1.29 is 19.7 Å². The van der Waals surface area contributed by atoms with Crippen molar-refractivity contribution in [1.29, 1.82) is 0 Å². The van der Waals surface area contributed by atoms with Crippen molar-refractivity contribution in [1.82, 2.24) is 5.32 Å². The molecule has 96 valence electrons. The Kier molecular flexibility index (Phi) is 10.4. The molecule has 0 aromatic heterocycles. The van der Waals surface area contributed by atoms with Gasteiger partial charge in [-0.1, -0.05) is 6.42 Å². The van der Waals surface area contributed by atoms with Gasteiger partial charge >= 0.3 is 5.97 Å². The number of carboxylic acids is 1. The van der Waals surface area contributed by atoms with Crippen LogP contribution in [0, 0.1) is 0 Å². The summed E-state index contributed by atoms with van der Waals surface area (Å²) < 4.78 is 5.01. The zero-order chi connectivity index (χ0) is 12.2. The Hall–Kier alpha value is -0.650. The van der Waals surface area contributed by atoms with Gasteiger partial charge in [0.25, 0.3) is 0 Å². The van der Waals surface area contributed by atoms with Crippen molar-refractivity contribution in [3.63, 3.8) is 0 Å². The largest absolute Gasteiger partial charge is 0.481 e. The Bertz CT molecular complexity index is 169. The first-order valence-corrected chi connectivity index (χ1v) is 5.75. The van der Waals surface area contributed by atoms with Crippen molar-refractivity contribution in [2.24, 2.45) is 0 Å². The van der Waals surface area contributed by atoms with Crippen molar-refractivity contribution in [3.8, 4) is 0 Å². The molecule has 0 amide bonds. The predicted octanol–water partition coefficient (Wildman–Crippen LogP) is 0.618. The number of rotatable bonds is 11. The van der Waals surface area contributed by atoms with Crippen LogP contribution in [0.1, 0.15) is 32.1 Å². The maximum Gasteiger partial charge on any atom is 0.303 e. The monoisotopic (exact) mass is 233 g/mol. The van der Waals surface area contributed by atoms with Gasteiger partial charge in [0.1, 0.15) is 0 Å². The third-order valence-corrected chi connectivity index (χ3v) is 2.35. The van der Waals surface area contributed by atoms with E-state index in [2.05, 4.69) is 5.32 Å². The first kappa shape index (κ1) is 15.3. The molecule has 1 atom stereocenters. The highest BCUT2D eigenvalue weighted by Crippen LogP contribution is 2.00. The van der Waals surface area contributed by atoms with Gasteiger partial charge in [-0.25, -0.2) is 0 Å². The normalized spacial score (nSPS) is 12.6. The van der Waals surface area contributed by atoms with Crippen LogP contribution in [0.5, 0.6) is 0 Å². The van der Waals surface area contributed by atoms with Crippen molar-refractivity contribution in [2.45, 2.75) is 38.1 Å². The lowest BCUT2D eigenvalue weighted by Gasteiger charge is -2.16. The van der Waals surface area contributed by atoms with Crippen LogP contribution in [-0.2, 0) is 9.53 Å². The second-order valence-electron chi connectivity index (χ2n) is 3.82. The molecule has 0 rings (SSSR count). The summed E-state index contributed by atoms with van der Waals surface area (Å²) in [4.78, 5) is 10.3. The summed E-state index contributed by atoms with van der Waals surface area (Å²) in [6.07, 6.45) is 3.53. The molecule has 0 bridgehead atoms. The average molecular weight is 233 g/mol. The SMILES string of the molecule is COCC(CCO)NCCCCCC(=O)O. The van der Waals surface area contributed by atoms with Gasteiger partial charge in [0.05, 0.1) is 6.61 Å². The summed E-state index contributed by atoms with van der Waals surface area (Å²) in [6.45, 7) is 1.59. The number of hydrogen-bond donors (Lipinski definition) is 3. The number of methoxy groups -OCH3 is 1. The summed E-state index contributed by atoms with van der Waals surface area (Å²) in [5.41, 5.74) is 0. The molecule has 0 saturated carbocycles. The maximum atomic E-state index is 10.3. The van der Waals surface area contributed by atoms with E-state index in [-0.39, 0.29) is 19.1 Å². The van der Waals surface area contributed by atoms with Crippen molar-refractivity contribution in [2.75, 3.05) is 26.9 Å². The van der Waals surface area contributed by atoms with Crippen LogP contribution in [0.25, 0.3) is 0 Å². The lowest BCUT2D eigenvalue weighted by atomic mass is 10.1. The number of aliphatic carboxylic acids is 1. The molecule has 5 heteroatoms. The van der Waals surface area contributed by atoms with E-state index in [1.54, 1.807) is 7.11 Å². The minimum absolute atomic E-state index is 0.153. The first-order chi connectivity index (χ1) is 7.70. The quantitative estimate of drug-likeness (QED) is 0.456. The van der Waals surface area contributed by atoms with Crippen molar-refractivity contribution >= 4 is 5.97 Å². The van der Waals surface area contributed by atoms with E-state index in [0.717, 1.165) is 25.8 Å². The lowest BCUT2D eigenvalue weighted by molar-refractivity contribution is -0.137. The number of aliphatic hydroxyl groups is 1. The predicted molar refractivity (Wildman–Crippen MR) is 61.5 cm³/mol. The van der Waals surface area contributed by atoms with Crippen LogP contribution in [0.3, 0.4) is 0 Å². The van der Waals surface area contributed by atoms with E-state index in [4.69, 9.17) is 14.9 Å². The highest BCUT2D eigenvalue weighted by molar-refractivity contribution is 5.66. The number of aliphatic hydroxyl groups excluding tert-OH is 1. The molecule has 3 N–H and O–H groups in total. The van der Waals surface area contributed by atoms with E-state index in [1.807, 2.05) is 0 Å². The fourth-order valence-corrected chi connectivity index (χ4v) is 1.49. The highest BCUT2D eigenvalue weighted by atomic mass is 16.5. The third-order valence-electron chi connectivity index (χ3n) is 2.35. The summed E-state index contributed by atoms with van der Waals surface area (Å²) >= 11 is 0. The standard InChI is InChI=1S/C11H23NO4/c1-16-9-10(6-8-13)12-7-4-2-3-5-11(14)15/h10,12-13H,2-9H2,1H3,(H,14,15). The molecule has 0 heterocycles. The second kappa shape index (κ2) is 10.9. The highest BCUT2D eigenvalue weighted by Gasteiger charge is 2.06. The maximum absolute atomic E-state index is 10.3. The van der Waals surface area contributed by atoms with E-state index in [0.29, 0.717) is 13.0 Å². The number of carbonyl (C=O) groups is 1. The molecular formula is C11H23NO4. The molecule has 0 aliphatic heterocycles. The van der Waals surface area contributed by atoms with E-state index < -0.39 is 5.97 Å². The zero-order valence-electron chi connectivity index (χ0n) is 9.95. The molecule has 0 aliphatic rings. The molecule has 0 saturated heterocycles. The van der Waals surface area contributed by atoms with Gasteiger partial charge < -0.3 is 20.3 Å². The van der Waals surface area contributed by atoms with E-state index in [1.165, 1.54) is 0 Å². The molecule has 0 aromatic carbocycles. The van der Waals surface area contributed by atoms with Gasteiger partial charge in [0, 0.05) is 26.2 Å². The van der Waals surface area contributed by atoms with E-state index >= 15 is 0 Å². The minimum Gasteiger partial charge on any atom is -0.481 e. The third kappa shape index (κ3) is 9.89. The number of carboxylic acid groups (broad SMARTS) is 1. The average Bonchev–Trinajstić information content (AvgIpc) is 2.23. The van der Waals surface area contributed by atoms with Gasteiger partial charge in [-0.3, -0.25) is 4.79 Å². The van der Waals surface area contributed by atoms with Gasteiger partial charge in [0.15, 0.2) is 0 Å². The molecule has 0 spiro atoms. The van der Waals surface area contributed by atoms with Crippen LogP contribution in [0.4, 0.5) is 0 Å². The topological polar surface area (TPSA) is 78.8 Å². The van der Waals surface area contributed by atoms with E-state index in [9.17, 15) is 4.79 Å². The molecule has 0 radical (unpaired) electrons. The lowest BCUT2D eigenvalue weighted by Crippen LogP contribution is -2.34. The Morgan fingerprint density at radius 2 is 2.12 bits per heavy atom.